The van der Waals surface area contributed by atoms with E-state index in [-0.39, 0.29) is 0 Å². The van der Waals surface area contributed by atoms with Crippen molar-refractivity contribution in [2.45, 2.75) is 19.0 Å². The van der Waals surface area contributed by atoms with Crippen LogP contribution in [0.5, 0.6) is 0 Å². The number of carboxylic acids is 1. The van der Waals surface area contributed by atoms with E-state index in [9.17, 15) is 13.2 Å². The second kappa shape index (κ2) is 3.95. The molecule has 1 N–H and O–H groups in total. The fourth-order valence-corrected chi connectivity index (χ4v) is 0.212. The topological polar surface area (TPSA) is 61.1 Å². The lowest BCUT2D eigenvalue weighted by atomic mass is 10.5. The molecule has 0 radical (unpaired) electrons. The second-order valence-electron chi connectivity index (χ2n) is 2.21. The molecule has 68 valence electrons. The molecular formula is C6H6F3NO2. The molecule has 0 spiro atoms. The van der Waals surface area contributed by atoms with E-state index in [1.807, 2.05) is 0 Å². The van der Waals surface area contributed by atoms with Crippen LogP contribution in [0, 0.1) is 17.2 Å². The lowest BCUT2D eigenvalue weighted by Gasteiger charge is -1.93. The highest BCUT2D eigenvalue weighted by molar-refractivity contribution is 5.73. The number of carboxylic acid groups (broad SMARTS) is 1. The van der Waals surface area contributed by atoms with E-state index in [0.717, 1.165) is 12.8 Å². The van der Waals surface area contributed by atoms with E-state index >= 15 is 0 Å². The molecule has 12 heavy (non-hydrogen) atoms. The van der Waals surface area contributed by atoms with Crippen LogP contribution in [0.3, 0.4) is 0 Å². The normalized spacial score (nSPS) is 15.5. The lowest BCUT2D eigenvalue weighted by Crippen LogP contribution is -2.21. The first-order valence-corrected chi connectivity index (χ1v) is 3.07. The van der Waals surface area contributed by atoms with Crippen LogP contribution in [0.2, 0.25) is 0 Å². The van der Waals surface area contributed by atoms with Gasteiger partial charge in [-0.2, -0.15) is 18.4 Å². The van der Waals surface area contributed by atoms with Crippen molar-refractivity contribution in [2.75, 3.05) is 0 Å². The van der Waals surface area contributed by atoms with Gasteiger partial charge in [0.05, 0.1) is 6.07 Å². The van der Waals surface area contributed by atoms with Crippen molar-refractivity contribution in [2.24, 2.45) is 5.92 Å². The summed E-state index contributed by atoms with van der Waals surface area (Å²) in [6.45, 7) is 0. The van der Waals surface area contributed by atoms with Gasteiger partial charge in [0.2, 0.25) is 0 Å². The Hall–Kier alpha value is -1.25. The van der Waals surface area contributed by atoms with Gasteiger partial charge in [0.1, 0.15) is 0 Å². The Morgan fingerprint density at radius 2 is 1.83 bits per heavy atom. The molecule has 1 rings (SSSR count). The van der Waals surface area contributed by atoms with Crippen LogP contribution in [0.1, 0.15) is 12.8 Å². The average molecular weight is 181 g/mol. The first kappa shape index (κ1) is 10.8. The van der Waals surface area contributed by atoms with Gasteiger partial charge in [-0.1, -0.05) is 0 Å². The Bertz CT molecular complexity index is 202. The molecular weight excluding hydrogens is 175 g/mol. The number of alkyl halides is 3. The van der Waals surface area contributed by atoms with Gasteiger partial charge < -0.3 is 5.11 Å². The summed E-state index contributed by atoms with van der Waals surface area (Å²) in [5.74, 6) is -2.32. The van der Waals surface area contributed by atoms with Crippen LogP contribution in [0.25, 0.3) is 0 Å². The molecule has 0 heterocycles. The Morgan fingerprint density at radius 1 is 1.50 bits per heavy atom. The SMILES string of the molecule is N#CC1CC1.O=C(O)C(F)(F)F. The molecule has 0 aliphatic heterocycles. The fourth-order valence-electron chi connectivity index (χ4n) is 0.212. The predicted molar refractivity (Wildman–Crippen MR) is 32.0 cm³/mol. The van der Waals surface area contributed by atoms with Gasteiger partial charge in [-0.3, -0.25) is 0 Å². The summed E-state index contributed by atoms with van der Waals surface area (Å²) in [5.41, 5.74) is 0. The summed E-state index contributed by atoms with van der Waals surface area (Å²) in [7, 11) is 0. The van der Waals surface area contributed by atoms with Crippen molar-refractivity contribution >= 4 is 5.97 Å². The molecule has 6 heteroatoms. The molecule has 0 saturated heterocycles. The number of carbonyl (C=O) groups is 1. The number of halogens is 3. The molecule has 0 atom stereocenters. The third-order valence-corrected chi connectivity index (χ3v) is 1.00. The molecule has 1 aliphatic carbocycles. The number of nitrogens with zero attached hydrogens (tertiary/aromatic N) is 1. The highest BCUT2D eigenvalue weighted by Gasteiger charge is 2.38. The highest BCUT2D eigenvalue weighted by atomic mass is 19.4. The molecule has 0 bridgehead atoms. The average Bonchev–Trinajstić information content (AvgIpc) is 2.67. The van der Waals surface area contributed by atoms with Gasteiger partial charge in [0, 0.05) is 5.92 Å². The molecule has 0 aromatic heterocycles. The first-order chi connectivity index (χ1) is 5.38. The minimum Gasteiger partial charge on any atom is -0.475 e. The molecule has 0 aromatic carbocycles. The van der Waals surface area contributed by atoms with Crippen LogP contribution in [0.15, 0.2) is 0 Å². The Labute approximate surface area is 66.4 Å². The summed E-state index contributed by atoms with van der Waals surface area (Å²) < 4.78 is 31.7. The number of rotatable bonds is 0. The Balaban J connectivity index is 0.000000211. The maximum absolute atomic E-state index is 10.6. The summed E-state index contributed by atoms with van der Waals surface area (Å²) in [6, 6.07) is 2.14. The number of aliphatic carboxylic acids is 1. The van der Waals surface area contributed by atoms with Crippen molar-refractivity contribution in [1.82, 2.24) is 0 Å². The van der Waals surface area contributed by atoms with Gasteiger partial charge in [-0.05, 0) is 12.8 Å². The fraction of sp³-hybridized carbons (Fsp3) is 0.667. The van der Waals surface area contributed by atoms with Crippen molar-refractivity contribution in [1.29, 1.82) is 5.26 Å². The monoisotopic (exact) mass is 181 g/mol. The molecule has 1 aliphatic rings. The van der Waals surface area contributed by atoms with E-state index in [2.05, 4.69) is 6.07 Å². The summed E-state index contributed by atoms with van der Waals surface area (Å²) >= 11 is 0. The minimum atomic E-state index is -5.08. The van der Waals surface area contributed by atoms with Crippen LogP contribution >= 0.6 is 0 Å². The zero-order chi connectivity index (χ0) is 9.78. The summed E-state index contributed by atoms with van der Waals surface area (Å²) in [6.07, 6.45) is -2.78. The largest absolute Gasteiger partial charge is 0.490 e. The highest BCUT2D eigenvalue weighted by Crippen LogP contribution is 2.26. The van der Waals surface area contributed by atoms with E-state index < -0.39 is 12.1 Å². The zero-order valence-electron chi connectivity index (χ0n) is 5.93. The van der Waals surface area contributed by atoms with Crippen LogP contribution < -0.4 is 0 Å². The van der Waals surface area contributed by atoms with Gasteiger partial charge in [0.15, 0.2) is 0 Å². The second-order valence-corrected chi connectivity index (χ2v) is 2.21. The smallest absolute Gasteiger partial charge is 0.475 e. The lowest BCUT2D eigenvalue weighted by molar-refractivity contribution is -0.192. The van der Waals surface area contributed by atoms with Crippen molar-refractivity contribution in [3.63, 3.8) is 0 Å². The maximum atomic E-state index is 10.6. The Kier molecular flexibility index (Phi) is 3.54. The quantitative estimate of drug-likeness (QED) is 0.616. The van der Waals surface area contributed by atoms with Crippen LogP contribution in [-0.2, 0) is 4.79 Å². The maximum Gasteiger partial charge on any atom is 0.490 e. The summed E-state index contributed by atoms with van der Waals surface area (Å²) in [5, 5.41) is 15.1. The molecule has 3 nitrogen and oxygen atoms in total. The van der Waals surface area contributed by atoms with Gasteiger partial charge in [0.25, 0.3) is 0 Å². The number of hydrogen-bond donors (Lipinski definition) is 1. The summed E-state index contributed by atoms with van der Waals surface area (Å²) in [4.78, 5) is 8.90. The molecule has 0 unspecified atom stereocenters. The van der Waals surface area contributed by atoms with Crippen LogP contribution in [-0.4, -0.2) is 17.3 Å². The molecule has 1 fully saturated rings. The van der Waals surface area contributed by atoms with Gasteiger partial charge in [-0.25, -0.2) is 4.79 Å². The Morgan fingerprint density at radius 3 is 1.83 bits per heavy atom. The predicted octanol–water partition coefficient (Wildman–Crippen LogP) is 1.55. The van der Waals surface area contributed by atoms with Crippen LogP contribution in [0.4, 0.5) is 13.2 Å². The third-order valence-electron chi connectivity index (χ3n) is 1.00. The number of hydrogen-bond acceptors (Lipinski definition) is 2. The molecule has 0 amide bonds. The molecule has 0 aromatic rings. The molecule has 1 saturated carbocycles. The van der Waals surface area contributed by atoms with Crippen molar-refractivity contribution < 1.29 is 23.1 Å². The van der Waals surface area contributed by atoms with Crippen molar-refractivity contribution in [3.05, 3.63) is 0 Å². The number of nitriles is 1. The van der Waals surface area contributed by atoms with Gasteiger partial charge >= 0.3 is 12.1 Å². The van der Waals surface area contributed by atoms with E-state index in [1.54, 1.807) is 0 Å². The first-order valence-electron chi connectivity index (χ1n) is 3.07. The van der Waals surface area contributed by atoms with Gasteiger partial charge in [-0.15, -0.1) is 0 Å². The van der Waals surface area contributed by atoms with E-state index in [1.165, 1.54) is 0 Å². The van der Waals surface area contributed by atoms with Crippen molar-refractivity contribution in [3.8, 4) is 6.07 Å². The zero-order valence-corrected chi connectivity index (χ0v) is 5.93. The third kappa shape index (κ3) is 5.53. The minimum absolute atomic E-state index is 0.440. The van der Waals surface area contributed by atoms with E-state index in [0.29, 0.717) is 5.92 Å². The standard InChI is InChI=1S/C4H5N.C2HF3O2/c5-3-4-1-2-4;3-2(4,5)1(6)7/h4H,1-2H2;(H,6,7). The van der Waals surface area contributed by atoms with E-state index in [4.69, 9.17) is 15.2 Å².